The molecule has 0 amide bonds. The molecule has 0 aliphatic heterocycles. The van der Waals surface area contributed by atoms with E-state index < -0.39 is 0 Å². The predicted molar refractivity (Wildman–Crippen MR) is 212 cm³/mol. The molecule has 0 N–H and O–H groups in total. The number of aryl methyl sites for hydroxylation is 4. The summed E-state index contributed by atoms with van der Waals surface area (Å²) in [7, 11) is 0. The Hall–Kier alpha value is -3.88. The summed E-state index contributed by atoms with van der Waals surface area (Å²) in [4.78, 5) is 0. The van der Waals surface area contributed by atoms with Crippen LogP contribution in [0.5, 0.6) is 0 Å². The topological polar surface area (TPSA) is 26.3 Å². The number of halogens is 2. The van der Waals surface area contributed by atoms with Crippen LogP contribution < -0.4 is 24.8 Å². The largest absolute Gasteiger partial charge is 4.00 e. The molecule has 6 aromatic carbocycles. The third-order valence-corrected chi connectivity index (χ3v) is 9.73. The molecule has 0 bridgehead atoms. The molecule has 0 atom stereocenters. The van der Waals surface area contributed by atoms with E-state index in [-0.39, 0.29) is 51.0 Å². The third-order valence-electron chi connectivity index (χ3n) is 9.73. The van der Waals surface area contributed by atoms with Gasteiger partial charge in [-0.2, -0.15) is 0 Å². The first-order chi connectivity index (χ1) is 24.6. The molecule has 268 valence electrons. The minimum atomic E-state index is 0. The van der Waals surface area contributed by atoms with E-state index in [4.69, 9.17) is 8.83 Å². The molecule has 0 aliphatic rings. The molecule has 2 heterocycles. The summed E-state index contributed by atoms with van der Waals surface area (Å²) in [6.45, 7) is 8.73. The van der Waals surface area contributed by atoms with Crippen LogP contribution in [0.1, 0.15) is 63.2 Å². The molecular weight excluding hydrogens is 771 g/mol. The second kappa shape index (κ2) is 19.4. The zero-order valence-corrected chi connectivity index (χ0v) is 35.0. The number of rotatable bonds is 10. The summed E-state index contributed by atoms with van der Waals surface area (Å²) in [6, 6.07) is 48.2. The molecule has 0 unspecified atom stereocenters. The van der Waals surface area contributed by atoms with Crippen molar-refractivity contribution in [3.05, 3.63) is 156 Å². The second-order valence-electron chi connectivity index (χ2n) is 13.2. The van der Waals surface area contributed by atoms with Crippen LogP contribution in [0.25, 0.3) is 66.4 Å². The summed E-state index contributed by atoms with van der Waals surface area (Å²) in [5.41, 5.74) is 10.2. The quantitative estimate of drug-likeness (QED) is 0.131. The Balaban J connectivity index is 0.000000224. The van der Waals surface area contributed by atoms with Crippen molar-refractivity contribution in [2.75, 3.05) is 0 Å². The molecule has 2 aromatic heterocycles. The fraction of sp³-hybridized carbons (Fsp3) is 0.208. The van der Waals surface area contributed by atoms with Gasteiger partial charge in [0, 0.05) is 12.8 Å². The fourth-order valence-corrected chi connectivity index (χ4v) is 6.93. The molecule has 5 heteroatoms. The molecule has 0 aliphatic carbocycles. The van der Waals surface area contributed by atoms with Crippen LogP contribution in [0.3, 0.4) is 0 Å². The molecule has 8 aromatic rings. The first-order valence-electron chi connectivity index (χ1n) is 18.3. The maximum atomic E-state index is 6.02. The Morgan fingerprint density at radius 2 is 0.868 bits per heavy atom. The van der Waals surface area contributed by atoms with E-state index in [1.807, 2.05) is 0 Å². The molecule has 2 nitrogen and oxygen atoms in total. The van der Waals surface area contributed by atoms with Crippen molar-refractivity contribution in [3.63, 3.8) is 0 Å². The number of hydrogen-bond donors (Lipinski definition) is 0. The van der Waals surface area contributed by atoms with Crippen molar-refractivity contribution >= 4 is 21.5 Å². The van der Waals surface area contributed by atoms with Gasteiger partial charge in [-0.05, 0) is 72.2 Å². The van der Waals surface area contributed by atoms with Gasteiger partial charge in [0.05, 0.1) is 23.0 Å². The minimum absolute atomic E-state index is 0. The molecule has 8 rings (SSSR count). The Labute approximate surface area is 346 Å². The van der Waals surface area contributed by atoms with Crippen LogP contribution in [0.4, 0.5) is 0 Å². The Kier molecular flexibility index (Phi) is 15.4. The number of fused-ring (bicyclic) bond motifs is 2. The first-order valence-corrected chi connectivity index (χ1v) is 18.3. The van der Waals surface area contributed by atoms with Gasteiger partial charge >= 0.3 is 26.2 Å². The minimum Gasteiger partial charge on any atom is -1.00 e. The predicted octanol–water partition coefficient (Wildman–Crippen LogP) is 8.01. The molecular formula is C48H46Cl2O2Zr. The van der Waals surface area contributed by atoms with Gasteiger partial charge in [-0.1, -0.05) is 123 Å². The van der Waals surface area contributed by atoms with Gasteiger partial charge in [0.15, 0.2) is 0 Å². The second-order valence-corrected chi connectivity index (χ2v) is 13.2. The average molecular weight is 817 g/mol. The van der Waals surface area contributed by atoms with E-state index in [0.717, 1.165) is 72.7 Å². The van der Waals surface area contributed by atoms with E-state index in [9.17, 15) is 0 Å². The number of furan rings is 2. The van der Waals surface area contributed by atoms with Crippen molar-refractivity contribution in [1.82, 2.24) is 0 Å². The van der Waals surface area contributed by atoms with Gasteiger partial charge in [-0.25, -0.2) is 0 Å². The van der Waals surface area contributed by atoms with Crippen LogP contribution in [0.15, 0.2) is 142 Å². The van der Waals surface area contributed by atoms with Gasteiger partial charge in [0.25, 0.3) is 0 Å². The standard InChI is InChI=1S/2C24H23O.2ClH.Zr/c2*1-3-6-21-13-14-24(25-21)20-15-19-7-5-8-22(23(19)16-20)18-11-9-17(4-2)10-12-18;;;/h2*5,7-16H,3-4,6H2,1-2H3;2*1H;/q2*-1;;;+4/p-2. The van der Waals surface area contributed by atoms with E-state index in [2.05, 4.69) is 161 Å². The third kappa shape index (κ3) is 9.44. The fourth-order valence-electron chi connectivity index (χ4n) is 6.93. The van der Waals surface area contributed by atoms with E-state index in [1.54, 1.807) is 0 Å². The number of benzene rings is 4. The van der Waals surface area contributed by atoms with Gasteiger partial charge in [0.1, 0.15) is 0 Å². The molecule has 0 spiro atoms. The SMILES string of the molecule is CCCc1ccc(-c2cc3c(-c4ccc(CC)cc4)cccc3[cH-]2)o1.CCCc1ccc(-c2cc3c(-c4ccc(CC)cc4)cccc3[cH-]2)o1.[Cl-].[Cl-].[Zr+4]. The van der Waals surface area contributed by atoms with E-state index in [1.165, 1.54) is 54.9 Å². The Bertz CT molecular complexity index is 2150. The van der Waals surface area contributed by atoms with Gasteiger partial charge < -0.3 is 33.6 Å². The Morgan fingerprint density at radius 3 is 1.23 bits per heavy atom. The van der Waals surface area contributed by atoms with Crippen molar-refractivity contribution in [3.8, 4) is 44.9 Å². The maximum absolute atomic E-state index is 6.02. The zero-order valence-electron chi connectivity index (χ0n) is 31.0. The van der Waals surface area contributed by atoms with E-state index >= 15 is 0 Å². The number of hydrogen-bond acceptors (Lipinski definition) is 2. The maximum Gasteiger partial charge on any atom is 4.00 e. The first kappa shape index (κ1) is 41.9. The Morgan fingerprint density at radius 1 is 0.472 bits per heavy atom. The van der Waals surface area contributed by atoms with Crippen molar-refractivity contribution < 1.29 is 59.9 Å². The van der Waals surface area contributed by atoms with Crippen LogP contribution in [0, 0.1) is 0 Å². The molecule has 0 radical (unpaired) electrons. The summed E-state index contributed by atoms with van der Waals surface area (Å²) in [6.07, 6.45) is 6.35. The van der Waals surface area contributed by atoms with E-state index in [0.29, 0.717) is 0 Å². The zero-order chi connectivity index (χ0) is 34.5. The van der Waals surface area contributed by atoms with Crippen molar-refractivity contribution in [2.24, 2.45) is 0 Å². The van der Waals surface area contributed by atoms with Crippen molar-refractivity contribution in [1.29, 1.82) is 0 Å². The van der Waals surface area contributed by atoms with Crippen LogP contribution in [0.2, 0.25) is 0 Å². The smallest absolute Gasteiger partial charge is 1.00 e. The monoisotopic (exact) mass is 814 g/mol. The molecule has 0 saturated heterocycles. The van der Waals surface area contributed by atoms with Crippen molar-refractivity contribution in [2.45, 2.75) is 66.2 Å². The van der Waals surface area contributed by atoms with Crippen LogP contribution in [-0.2, 0) is 51.9 Å². The van der Waals surface area contributed by atoms with Crippen LogP contribution in [-0.4, -0.2) is 0 Å². The molecule has 53 heavy (non-hydrogen) atoms. The van der Waals surface area contributed by atoms with Crippen LogP contribution >= 0.6 is 0 Å². The van der Waals surface area contributed by atoms with Gasteiger partial charge in [-0.15, -0.1) is 57.9 Å². The summed E-state index contributed by atoms with van der Waals surface area (Å²) in [5, 5.41) is 5.10. The molecule has 0 fully saturated rings. The summed E-state index contributed by atoms with van der Waals surface area (Å²) < 4.78 is 12.0. The summed E-state index contributed by atoms with van der Waals surface area (Å²) in [5.74, 6) is 4.06. The molecule has 0 saturated carbocycles. The van der Waals surface area contributed by atoms with Gasteiger partial charge in [0.2, 0.25) is 0 Å². The van der Waals surface area contributed by atoms with Gasteiger partial charge in [-0.3, -0.25) is 0 Å². The average Bonchev–Trinajstić information content (AvgIpc) is 3.98. The normalized spacial score (nSPS) is 10.6. The summed E-state index contributed by atoms with van der Waals surface area (Å²) >= 11 is 0.